The molecule has 3 aromatic rings. The summed E-state index contributed by atoms with van der Waals surface area (Å²) in [5, 5.41) is 8.33. The highest BCUT2D eigenvalue weighted by atomic mass is 35.5. The number of hydrogen-bond acceptors (Lipinski definition) is 3. The van der Waals surface area contributed by atoms with E-state index >= 15 is 0 Å². The molecule has 0 radical (unpaired) electrons. The summed E-state index contributed by atoms with van der Waals surface area (Å²) >= 11 is 6.22. The van der Waals surface area contributed by atoms with Crippen molar-refractivity contribution in [2.75, 3.05) is 17.2 Å². The summed E-state index contributed by atoms with van der Waals surface area (Å²) in [6.07, 6.45) is 0.802. The van der Waals surface area contributed by atoms with Gasteiger partial charge in [-0.15, -0.1) is 0 Å². The first-order chi connectivity index (χ1) is 15.8. The van der Waals surface area contributed by atoms with Gasteiger partial charge in [0.2, 0.25) is 0 Å². The van der Waals surface area contributed by atoms with Crippen LogP contribution >= 0.6 is 11.6 Å². The quantitative estimate of drug-likeness (QED) is 0.433. The highest BCUT2D eigenvalue weighted by Crippen LogP contribution is 2.23. The Labute approximate surface area is 196 Å². The molecule has 3 aromatic carbocycles. The van der Waals surface area contributed by atoms with Crippen molar-refractivity contribution in [1.82, 2.24) is 5.32 Å². The minimum absolute atomic E-state index is 0.0931. The topological polar surface area (TPSA) is 87.3 Å². The first-order valence-corrected chi connectivity index (χ1v) is 10.7. The predicted molar refractivity (Wildman–Crippen MR) is 128 cm³/mol. The summed E-state index contributed by atoms with van der Waals surface area (Å²) in [5.41, 5.74) is 2.01. The molecule has 3 amide bonds. The van der Waals surface area contributed by atoms with E-state index in [0.29, 0.717) is 29.0 Å². The normalized spacial score (nSPS) is 10.4. The first-order valence-electron chi connectivity index (χ1n) is 10.4. The van der Waals surface area contributed by atoms with E-state index in [9.17, 15) is 18.8 Å². The highest BCUT2D eigenvalue weighted by Gasteiger charge is 2.15. The van der Waals surface area contributed by atoms with Gasteiger partial charge in [0.1, 0.15) is 5.82 Å². The Balaban J connectivity index is 1.74. The molecule has 0 saturated carbocycles. The van der Waals surface area contributed by atoms with Gasteiger partial charge in [0.05, 0.1) is 16.1 Å². The number of nitrogens with one attached hydrogen (secondary N) is 3. The van der Waals surface area contributed by atoms with Crippen molar-refractivity contribution in [3.05, 3.63) is 93.8 Å². The highest BCUT2D eigenvalue weighted by molar-refractivity contribution is 6.34. The fourth-order valence-corrected chi connectivity index (χ4v) is 3.31. The minimum atomic E-state index is -0.634. The van der Waals surface area contributed by atoms with Gasteiger partial charge >= 0.3 is 0 Å². The molecule has 170 valence electrons. The maximum atomic E-state index is 13.9. The minimum Gasteiger partial charge on any atom is -0.352 e. The van der Waals surface area contributed by atoms with E-state index in [2.05, 4.69) is 16.0 Å². The zero-order chi connectivity index (χ0) is 24.0. The van der Waals surface area contributed by atoms with Crippen LogP contribution in [0.15, 0.2) is 60.7 Å². The molecule has 0 unspecified atom stereocenters. The number of amides is 3. The molecule has 3 rings (SSSR count). The van der Waals surface area contributed by atoms with Crippen LogP contribution in [0.25, 0.3) is 0 Å². The van der Waals surface area contributed by atoms with Gasteiger partial charge in [-0.25, -0.2) is 4.39 Å². The molecule has 6 nitrogen and oxygen atoms in total. The third-order valence-corrected chi connectivity index (χ3v) is 5.19. The average molecular weight is 468 g/mol. The van der Waals surface area contributed by atoms with Gasteiger partial charge in [0, 0.05) is 23.5 Å². The zero-order valence-corrected chi connectivity index (χ0v) is 18.9. The van der Waals surface area contributed by atoms with Gasteiger partial charge < -0.3 is 16.0 Å². The molecule has 0 bridgehead atoms. The molecule has 0 aliphatic carbocycles. The molecular weight excluding hydrogens is 445 g/mol. The lowest BCUT2D eigenvalue weighted by molar-refractivity contribution is 0.0952. The summed E-state index contributed by atoms with van der Waals surface area (Å²) < 4.78 is 13.9. The number of benzene rings is 3. The van der Waals surface area contributed by atoms with Crippen LogP contribution in [-0.4, -0.2) is 24.3 Å². The standard InChI is InChI=1S/C25H23ClFN3O3/c1-3-12-28-24(32)18-11-10-17(14-20(18)26)29-23(31)16-9-8-15(2)22(13-16)30-25(33)19-6-4-5-7-21(19)27/h4-11,13-14H,3,12H2,1-2H3,(H,28,32)(H,29,31)(H,30,33). The molecule has 0 aliphatic rings. The SMILES string of the molecule is CCCNC(=O)c1ccc(NC(=O)c2ccc(C)c(NC(=O)c3ccccc3F)c2)cc1Cl. The maximum Gasteiger partial charge on any atom is 0.258 e. The van der Waals surface area contributed by atoms with Crippen molar-refractivity contribution in [2.45, 2.75) is 20.3 Å². The fraction of sp³-hybridized carbons (Fsp3) is 0.160. The van der Waals surface area contributed by atoms with Crippen LogP contribution in [-0.2, 0) is 0 Å². The van der Waals surface area contributed by atoms with Crippen molar-refractivity contribution in [3.8, 4) is 0 Å². The van der Waals surface area contributed by atoms with Crippen LogP contribution in [0.5, 0.6) is 0 Å². The van der Waals surface area contributed by atoms with Gasteiger partial charge in [0.15, 0.2) is 0 Å². The van der Waals surface area contributed by atoms with E-state index < -0.39 is 17.6 Å². The Kier molecular flexibility index (Phi) is 7.79. The molecule has 0 fully saturated rings. The Hall–Kier alpha value is -3.71. The molecule has 3 N–H and O–H groups in total. The second-order valence-electron chi connectivity index (χ2n) is 7.37. The summed E-state index contributed by atoms with van der Waals surface area (Å²) in [6, 6.07) is 15.1. The second-order valence-corrected chi connectivity index (χ2v) is 7.78. The molecule has 0 atom stereocenters. The Morgan fingerprint density at radius 1 is 0.879 bits per heavy atom. The van der Waals surface area contributed by atoms with E-state index in [1.807, 2.05) is 6.92 Å². The molecule has 0 spiro atoms. The number of carbonyl (C=O) groups excluding carboxylic acids is 3. The zero-order valence-electron chi connectivity index (χ0n) is 18.2. The van der Waals surface area contributed by atoms with Gasteiger partial charge in [-0.3, -0.25) is 14.4 Å². The van der Waals surface area contributed by atoms with Crippen LogP contribution in [0.1, 0.15) is 50.0 Å². The van der Waals surface area contributed by atoms with Gasteiger partial charge in [-0.05, 0) is 61.4 Å². The molecule has 0 aliphatic heterocycles. The van der Waals surface area contributed by atoms with Crippen molar-refractivity contribution in [3.63, 3.8) is 0 Å². The molecule has 33 heavy (non-hydrogen) atoms. The van der Waals surface area contributed by atoms with Gasteiger partial charge in [-0.2, -0.15) is 0 Å². The number of halogens is 2. The van der Waals surface area contributed by atoms with Crippen molar-refractivity contribution in [2.24, 2.45) is 0 Å². The van der Waals surface area contributed by atoms with Crippen LogP contribution in [0.4, 0.5) is 15.8 Å². The number of aryl methyl sites for hydroxylation is 1. The third kappa shape index (κ3) is 5.96. The molecule has 0 heterocycles. The number of carbonyl (C=O) groups is 3. The molecule has 0 aromatic heterocycles. The first kappa shape index (κ1) is 23.9. The van der Waals surface area contributed by atoms with E-state index in [1.165, 1.54) is 36.4 Å². The van der Waals surface area contributed by atoms with Crippen molar-refractivity contribution >= 4 is 40.7 Å². The van der Waals surface area contributed by atoms with Crippen molar-refractivity contribution < 1.29 is 18.8 Å². The lowest BCUT2D eigenvalue weighted by Crippen LogP contribution is -2.24. The fourth-order valence-electron chi connectivity index (χ4n) is 3.05. The summed E-state index contributed by atoms with van der Waals surface area (Å²) in [5.74, 6) is -1.97. The molecule has 0 saturated heterocycles. The lowest BCUT2D eigenvalue weighted by Gasteiger charge is -2.12. The van der Waals surface area contributed by atoms with Gasteiger partial charge in [0.25, 0.3) is 17.7 Å². The number of rotatable bonds is 7. The number of anilines is 2. The second kappa shape index (κ2) is 10.7. The van der Waals surface area contributed by atoms with E-state index in [4.69, 9.17) is 11.6 Å². The molecule has 8 heteroatoms. The largest absolute Gasteiger partial charge is 0.352 e. The van der Waals surface area contributed by atoms with Crippen LogP contribution in [0.3, 0.4) is 0 Å². The van der Waals surface area contributed by atoms with E-state index in [0.717, 1.165) is 6.42 Å². The van der Waals surface area contributed by atoms with Crippen molar-refractivity contribution in [1.29, 1.82) is 0 Å². The monoisotopic (exact) mass is 467 g/mol. The smallest absolute Gasteiger partial charge is 0.258 e. The Morgan fingerprint density at radius 2 is 1.64 bits per heavy atom. The summed E-state index contributed by atoms with van der Waals surface area (Å²) in [6.45, 7) is 4.25. The molecular formula is C25H23ClFN3O3. The van der Waals surface area contributed by atoms with Crippen LogP contribution in [0.2, 0.25) is 5.02 Å². The average Bonchev–Trinajstić information content (AvgIpc) is 2.79. The van der Waals surface area contributed by atoms with E-state index in [1.54, 1.807) is 31.2 Å². The summed E-state index contributed by atoms with van der Waals surface area (Å²) in [7, 11) is 0. The lowest BCUT2D eigenvalue weighted by atomic mass is 10.1. The van der Waals surface area contributed by atoms with Crippen LogP contribution < -0.4 is 16.0 Å². The maximum absolute atomic E-state index is 13.9. The number of hydrogen-bond donors (Lipinski definition) is 3. The Bertz CT molecular complexity index is 1210. The van der Waals surface area contributed by atoms with Gasteiger partial charge in [-0.1, -0.05) is 36.7 Å². The Morgan fingerprint density at radius 3 is 2.33 bits per heavy atom. The predicted octanol–water partition coefficient (Wildman–Crippen LogP) is 5.43. The summed E-state index contributed by atoms with van der Waals surface area (Å²) in [4.78, 5) is 37.3. The van der Waals surface area contributed by atoms with Crippen LogP contribution in [0, 0.1) is 12.7 Å². The van der Waals surface area contributed by atoms with E-state index in [-0.39, 0.29) is 22.1 Å². The third-order valence-electron chi connectivity index (χ3n) is 4.87.